The number of fused-ring (bicyclic) bond motifs is 1. The number of benzene rings is 2. The third kappa shape index (κ3) is 5.69. The average molecular weight is 581 g/mol. The van der Waals surface area contributed by atoms with Crippen LogP contribution in [0.2, 0.25) is 0 Å². The summed E-state index contributed by atoms with van der Waals surface area (Å²) in [5, 5.41) is 29.7. The number of H-pyrrole nitrogens is 1. The fourth-order valence-corrected chi connectivity index (χ4v) is 6.49. The van der Waals surface area contributed by atoms with Gasteiger partial charge in [-0.3, -0.25) is 4.98 Å². The van der Waals surface area contributed by atoms with Gasteiger partial charge in [0, 0.05) is 22.0 Å². The molecule has 42 heavy (non-hydrogen) atoms. The monoisotopic (exact) mass is 580 g/mol. The van der Waals surface area contributed by atoms with Crippen LogP contribution in [0.5, 0.6) is 17.2 Å². The first kappa shape index (κ1) is 30.9. The largest absolute Gasteiger partial charge is 0.506 e. The van der Waals surface area contributed by atoms with Crippen molar-refractivity contribution in [3.63, 3.8) is 0 Å². The molecule has 0 atom stereocenters. The van der Waals surface area contributed by atoms with Gasteiger partial charge in [0.15, 0.2) is 5.58 Å². The Balaban J connectivity index is 0.000000194. The van der Waals surface area contributed by atoms with Crippen molar-refractivity contribution in [2.45, 2.75) is 69.2 Å². The molecule has 0 saturated heterocycles. The summed E-state index contributed by atoms with van der Waals surface area (Å²) in [4.78, 5) is 13.8. The van der Waals surface area contributed by atoms with Crippen molar-refractivity contribution >= 4 is 28.3 Å². The predicted octanol–water partition coefficient (Wildman–Crippen LogP) is 7.13. The van der Waals surface area contributed by atoms with Crippen LogP contribution in [0.25, 0.3) is 22.6 Å². The summed E-state index contributed by atoms with van der Waals surface area (Å²) in [6.45, 7) is 22.6. The fraction of sp³-hybridized carbons (Fsp3) is 0.485. The van der Waals surface area contributed by atoms with Gasteiger partial charge in [0.25, 0.3) is 0 Å². The van der Waals surface area contributed by atoms with Gasteiger partial charge in [-0.15, -0.1) is 0 Å². The van der Waals surface area contributed by atoms with E-state index in [1.165, 1.54) is 23.3 Å². The molecule has 2 aromatic carbocycles. The van der Waals surface area contributed by atoms with Gasteiger partial charge in [-0.1, -0.05) is 69.2 Å². The molecule has 2 aliphatic rings. The van der Waals surface area contributed by atoms with Crippen molar-refractivity contribution in [3.05, 3.63) is 57.1 Å². The van der Waals surface area contributed by atoms with E-state index in [0.717, 1.165) is 17.1 Å². The molecule has 3 heterocycles. The molecule has 0 fully saturated rings. The van der Waals surface area contributed by atoms with E-state index in [1.54, 1.807) is 12.1 Å². The van der Waals surface area contributed by atoms with Crippen molar-refractivity contribution in [3.8, 4) is 17.2 Å². The lowest BCUT2D eigenvalue weighted by molar-refractivity contribution is 0.213. The number of rotatable bonds is 2. The van der Waals surface area contributed by atoms with Crippen LogP contribution in [-0.4, -0.2) is 33.5 Å². The maximum absolute atomic E-state index is 11.3. The summed E-state index contributed by atoms with van der Waals surface area (Å²) in [5.41, 5.74) is 9.63. The van der Waals surface area contributed by atoms with Gasteiger partial charge in [0.1, 0.15) is 40.0 Å². The quantitative estimate of drug-likeness (QED) is 0.159. The molecule has 0 saturated carbocycles. The van der Waals surface area contributed by atoms with E-state index < -0.39 is 5.76 Å². The summed E-state index contributed by atoms with van der Waals surface area (Å²) in [6.07, 6.45) is 0. The number of anilines is 1. The predicted molar refractivity (Wildman–Crippen MR) is 165 cm³/mol. The molecule has 3 aromatic rings. The molecule has 2 aliphatic heterocycles. The summed E-state index contributed by atoms with van der Waals surface area (Å²) < 4.78 is 16.9. The Labute approximate surface area is 246 Å². The van der Waals surface area contributed by atoms with E-state index in [0.29, 0.717) is 29.9 Å². The molecule has 228 valence electrons. The Kier molecular flexibility index (Phi) is 7.41. The van der Waals surface area contributed by atoms with E-state index in [-0.39, 0.29) is 44.6 Å². The summed E-state index contributed by atoms with van der Waals surface area (Å²) in [5.74, 6) is 0.627. The molecule has 0 unspecified atom stereocenters. The normalized spacial score (nSPS) is 18.1. The molecule has 0 radical (unpaired) electrons. The number of hydrogen-bond acceptors (Lipinski definition) is 8. The molecule has 0 bridgehead atoms. The molecule has 1 aromatic heterocycles. The molecule has 6 N–H and O–H groups in total. The number of nitrogens with one attached hydrogen (secondary N) is 1. The summed E-state index contributed by atoms with van der Waals surface area (Å²) >= 11 is 0. The Morgan fingerprint density at radius 2 is 1.14 bits per heavy atom. The molecule has 5 rings (SSSR count). The highest BCUT2D eigenvalue weighted by Gasteiger charge is 2.42. The number of aromatic hydroxyl groups is 3. The van der Waals surface area contributed by atoms with Gasteiger partial charge in [-0.05, 0) is 46.2 Å². The van der Waals surface area contributed by atoms with Crippen LogP contribution in [0.1, 0.15) is 80.4 Å². The molecule has 0 amide bonds. The molecule has 9 heteroatoms. The number of hydrogen-bond donors (Lipinski definition) is 5. The van der Waals surface area contributed by atoms with Crippen molar-refractivity contribution in [1.29, 1.82) is 0 Å². The number of oxazole rings is 1. The van der Waals surface area contributed by atoms with Gasteiger partial charge in [-0.25, -0.2) is 4.79 Å². The zero-order chi connectivity index (χ0) is 31.6. The minimum atomic E-state index is -0.583. The Bertz CT molecular complexity index is 1630. The van der Waals surface area contributed by atoms with Gasteiger partial charge in [-0.2, -0.15) is 0 Å². The van der Waals surface area contributed by atoms with Crippen molar-refractivity contribution in [2.24, 2.45) is 21.7 Å². The second kappa shape index (κ2) is 10.1. The van der Waals surface area contributed by atoms with Crippen LogP contribution >= 0.6 is 0 Å². The lowest BCUT2D eigenvalue weighted by Gasteiger charge is -2.30. The Morgan fingerprint density at radius 1 is 0.738 bits per heavy atom. The highest BCUT2D eigenvalue weighted by molar-refractivity contribution is 5.84. The fourth-order valence-electron chi connectivity index (χ4n) is 6.49. The molecule has 9 nitrogen and oxygen atoms in total. The number of nitrogen functional groups attached to an aromatic ring is 1. The van der Waals surface area contributed by atoms with Crippen LogP contribution in [0.3, 0.4) is 0 Å². The lowest BCUT2D eigenvalue weighted by Crippen LogP contribution is -2.24. The topological polar surface area (TPSA) is 151 Å². The number of ether oxygens (including phenoxy) is 2. The first-order valence-corrected chi connectivity index (χ1v) is 14.1. The number of aromatic nitrogens is 1. The van der Waals surface area contributed by atoms with Gasteiger partial charge >= 0.3 is 5.76 Å². The van der Waals surface area contributed by atoms with Crippen LogP contribution in [-0.2, 0) is 9.47 Å². The van der Waals surface area contributed by atoms with Gasteiger partial charge in [0.05, 0.1) is 13.2 Å². The number of phenolic OH excluding ortho intramolecular Hbond substituents is 3. The third-order valence-corrected chi connectivity index (χ3v) is 7.63. The minimum Gasteiger partial charge on any atom is -0.506 e. The first-order chi connectivity index (χ1) is 19.1. The van der Waals surface area contributed by atoms with E-state index in [4.69, 9.17) is 19.6 Å². The summed E-state index contributed by atoms with van der Waals surface area (Å²) in [7, 11) is 0. The van der Waals surface area contributed by atoms with E-state index in [9.17, 15) is 20.1 Å². The van der Waals surface area contributed by atoms with E-state index >= 15 is 0 Å². The van der Waals surface area contributed by atoms with Crippen LogP contribution in [0.15, 0.2) is 44.6 Å². The number of nitrogens with two attached hydrogens (primary N) is 1. The molecule has 0 spiro atoms. The highest BCUT2D eigenvalue weighted by Crippen LogP contribution is 2.51. The first-order valence-electron chi connectivity index (χ1n) is 14.1. The van der Waals surface area contributed by atoms with Crippen LogP contribution in [0.4, 0.5) is 5.69 Å². The van der Waals surface area contributed by atoms with Gasteiger partial charge in [0.2, 0.25) is 0 Å². The van der Waals surface area contributed by atoms with Gasteiger partial charge < -0.3 is 34.9 Å². The van der Waals surface area contributed by atoms with Crippen molar-refractivity contribution in [2.75, 3.05) is 18.9 Å². The van der Waals surface area contributed by atoms with E-state index in [2.05, 4.69) is 74.2 Å². The zero-order valence-corrected chi connectivity index (χ0v) is 26.3. The average Bonchev–Trinajstić information content (AvgIpc) is 3.48. The second-order valence-electron chi connectivity index (χ2n) is 14.6. The number of phenols is 3. The zero-order valence-electron chi connectivity index (χ0n) is 26.3. The smallest absolute Gasteiger partial charge is 0.417 e. The summed E-state index contributed by atoms with van der Waals surface area (Å²) in [6, 6.07) is 6.42. The van der Waals surface area contributed by atoms with Crippen LogP contribution < -0.4 is 11.5 Å². The molecule has 0 aliphatic carbocycles. The van der Waals surface area contributed by atoms with Crippen LogP contribution in [0, 0.1) is 21.7 Å². The Morgan fingerprint density at radius 3 is 1.57 bits per heavy atom. The SMILES string of the molecule is CC(C)(C)C1=C(c2cc(O)c(N)c(O)c2)OCC1(C)C.CC(C)(C)C1=C(c2cc(O)c3[nH]c(=O)oc3c2)OCC1(C)C. The van der Waals surface area contributed by atoms with Crippen molar-refractivity contribution in [1.82, 2.24) is 4.98 Å². The molecular weight excluding hydrogens is 536 g/mol. The Hall–Kier alpha value is -4.01. The number of aromatic amines is 1. The second-order valence-corrected chi connectivity index (χ2v) is 14.6. The molecular formula is C33H44N2O7. The standard InChI is InChI=1S/C17H21NO4.C16H23NO3/c1-16(2,3)14-13(21-8-17(14,4)5)9-6-10(19)12-11(7-9)22-15(20)18-12;1-15(2,3)14-13(20-8-16(14,4)5)9-6-10(18)12(17)11(19)7-9/h6-7,19H,8H2,1-5H3,(H,18,20);6-7,18-19H,8,17H2,1-5H3. The van der Waals surface area contributed by atoms with E-state index in [1.807, 2.05) is 0 Å². The maximum Gasteiger partial charge on any atom is 0.417 e. The minimum absolute atomic E-state index is 0.0103. The highest BCUT2D eigenvalue weighted by atomic mass is 16.5. The third-order valence-electron chi connectivity index (χ3n) is 7.63. The van der Waals surface area contributed by atoms with Crippen molar-refractivity contribution < 1.29 is 29.2 Å². The maximum atomic E-state index is 11.3. The lowest BCUT2D eigenvalue weighted by atomic mass is 9.71.